The van der Waals surface area contributed by atoms with E-state index in [0.717, 1.165) is 5.56 Å². The van der Waals surface area contributed by atoms with E-state index in [4.69, 9.17) is 0 Å². The van der Waals surface area contributed by atoms with Crippen LogP contribution in [0.3, 0.4) is 0 Å². The van der Waals surface area contributed by atoms with Gasteiger partial charge in [-0.15, -0.1) is 0 Å². The maximum absolute atomic E-state index is 13.2. The van der Waals surface area contributed by atoms with Crippen molar-refractivity contribution < 1.29 is 70.7 Å². The van der Waals surface area contributed by atoms with Crippen molar-refractivity contribution in [3.05, 3.63) is 82.9 Å². The second-order valence-electron chi connectivity index (χ2n) is 6.66. The Kier molecular flexibility index (Phi) is 7.62. The molecule has 0 spiro atoms. The molecule has 0 aromatic heterocycles. The van der Waals surface area contributed by atoms with Crippen LogP contribution in [-0.4, -0.2) is 10.6 Å². The zero-order chi connectivity index (χ0) is 19.8. The number of hydrogen-bond acceptors (Lipinski definition) is 4. The molecule has 6 heteroatoms. The average Bonchev–Trinajstić information content (AvgIpc) is 2.61. The topological polar surface area (TPSA) is 77.4 Å². The van der Waals surface area contributed by atoms with E-state index in [9.17, 15) is 19.4 Å². The molecule has 0 heterocycles. The standard InChI is InChI=1S/C22H21O4P.K/c1-14-12-15(2)21(16(3)13-14)22(24)27(25,26)20-11-7-5-9-18(20)17-8-4-6-10-19(17)23;/h4-13,23H,1-3H3,(H,25,26);/q;+1/p-1. The molecule has 0 amide bonds. The third-order valence-electron chi connectivity index (χ3n) is 4.57. The van der Waals surface area contributed by atoms with Gasteiger partial charge in [-0.1, -0.05) is 60.2 Å². The molecule has 4 nitrogen and oxygen atoms in total. The molecule has 3 rings (SSSR count). The smallest absolute Gasteiger partial charge is 0.790 e. The molecule has 3 aromatic carbocycles. The summed E-state index contributed by atoms with van der Waals surface area (Å²) in [5.41, 5.74) is 2.23. The minimum atomic E-state index is -4.65. The fourth-order valence-electron chi connectivity index (χ4n) is 3.43. The number of carbonyl (C=O) groups is 1. The number of phenols is 1. The Hall–Kier alpha value is -1.04. The Balaban J connectivity index is 0.00000280. The first-order chi connectivity index (χ1) is 12.7. The molecule has 0 bridgehead atoms. The predicted octanol–water partition coefficient (Wildman–Crippen LogP) is 1.09. The molecule has 1 N–H and O–H groups in total. The number of aryl methyl sites for hydroxylation is 3. The second kappa shape index (κ2) is 9.18. The van der Waals surface area contributed by atoms with Crippen molar-refractivity contribution in [2.24, 2.45) is 0 Å². The van der Waals surface area contributed by atoms with Crippen LogP contribution in [-0.2, 0) is 4.57 Å². The van der Waals surface area contributed by atoms with Gasteiger partial charge in [0.15, 0.2) is 0 Å². The third kappa shape index (κ3) is 4.42. The molecule has 0 radical (unpaired) electrons. The molecule has 1 atom stereocenters. The molecule has 0 aliphatic rings. The number of hydrogen-bond donors (Lipinski definition) is 1. The van der Waals surface area contributed by atoms with Crippen molar-refractivity contribution in [2.75, 3.05) is 0 Å². The molecule has 0 saturated carbocycles. The normalized spacial score (nSPS) is 12.7. The number of carbonyl (C=O) groups excluding carboxylic acids is 1. The van der Waals surface area contributed by atoms with Gasteiger partial charge in [0.25, 0.3) is 0 Å². The van der Waals surface area contributed by atoms with Crippen LogP contribution < -0.4 is 61.6 Å². The van der Waals surface area contributed by atoms with Gasteiger partial charge in [0.2, 0.25) is 5.52 Å². The molecule has 28 heavy (non-hydrogen) atoms. The van der Waals surface area contributed by atoms with Crippen LogP contribution in [0.2, 0.25) is 0 Å². The molecule has 0 saturated heterocycles. The summed E-state index contributed by atoms with van der Waals surface area (Å²) in [6, 6.07) is 16.3. The van der Waals surface area contributed by atoms with Crippen molar-refractivity contribution in [1.29, 1.82) is 0 Å². The number of rotatable bonds is 4. The molecule has 3 aromatic rings. The van der Waals surface area contributed by atoms with Crippen LogP contribution in [0.5, 0.6) is 5.75 Å². The summed E-state index contributed by atoms with van der Waals surface area (Å²) in [6.45, 7) is 5.38. The second-order valence-corrected chi connectivity index (χ2v) is 8.66. The first kappa shape index (κ1) is 23.2. The molecule has 0 aliphatic carbocycles. The van der Waals surface area contributed by atoms with E-state index >= 15 is 0 Å². The van der Waals surface area contributed by atoms with Crippen molar-refractivity contribution in [2.45, 2.75) is 20.8 Å². The third-order valence-corrected chi connectivity index (χ3v) is 6.36. The van der Waals surface area contributed by atoms with Gasteiger partial charge < -0.3 is 14.6 Å². The maximum Gasteiger partial charge on any atom is 1.00 e. The van der Waals surface area contributed by atoms with E-state index in [0.29, 0.717) is 22.3 Å². The average molecular weight is 418 g/mol. The van der Waals surface area contributed by atoms with E-state index in [-0.39, 0.29) is 68.0 Å². The van der Waals surface area contributed by atoms with Gasteiger partial charge in [0, 0.05) is 16.4 Å². The minimum Gasteiger partial charge on any atom is -0.790 e. The van der Waals surface area contributed by atoms with Crippen molar-refractivity contribution in [3.8, 4) is 16.9 Å². The molecular formula is C22H20KO4P. The van der Waals surface area contributed by atoms with Gasteiger partial charge in [-0.2, -0.15) is 0 Å². The Labute approximate surface area is 207 Å². The molecular weight excluding hydrogens is 398 g/mol. The fourth-order valence-corrected chi connectivity index (χ4v) is 5.09. The quantitative estimate of drug-likeness (QED) is 0.508. The van der Waals surface area contributed by atoms with Gasteiger partial charge in [-0.25, -0.2) is 0 Å². The van der Waals surface area contributed by atoms with Crippen molar-refractivity contribution in [1.82, 2.24) is 0 Å². The zero-order valence-electron chi connectivity index (χ0n) is 16.4. The molecule has 1 unspecified atom stereocenters. The van der Waals surface area contributed by atoms with Gasteiger partial charge in [-0.05, 0) is 43.5 Å². The Bertz CT molecular complexity index is 1070. The Morgan fingerprint density at radius 1 is 0.893 bits per heavy atom. The number of para-hydroxylation sites is 1. The summed E-state index contributed by atoms with van der Waals surface area (Å²) >= 11 is 0. The van der Waals surface area contributed by atoms with E-state index in [1.807, 2.05) is 6.92 Å². The van der Waals surface area contributed by atoms with Crippen molar-refractivity contribution in [3.63, 3.8) is 0 Å². The monoisotopic (exact) mass is 418 g/mol. The first-order valence-corrected chi connectivity index (χ1v) is 10.2. The summed E-state index contributed by atoms with van der Waals surface area (Å²) in [7, 11) is -4.65. The molecule has 138 valence electrons. The van der Waals surface area contributed by atoms with Crippen molar-refractivity contribution >= 4 is 18.2 Å². The fraction of sp³-hybridized carbons (Fsp3) is 0.136. The van der Waals surface area contributed by atoms with Crippen LogP contribution in [0.4, 0.5) is 0 Å². The molecule has 0 fully saturated rings. The van der Waals surface area contributed by atoms with Crippen LogP contribution in [0, 0.1) is 20.8 Å². The minimum absolute atomic E-state index is 0. The van der Waals surface area contributed by atoms with E-state index in [2.05, 4.69) is 0 Å². The van der Waals surface area contributed by atoms with Crippen LogP contribution in [0.15, 0.2) is 60.7 Å². The Morgan fingerprint density at radius 3 is 1.96 bits per heavy atom. The summed E-state index contributed by atoms with van der Waals surface area (Å²) in [4.78, 5) is 26.3. The SMILES string of the molecule is Cc1cc(C)c(C(=O)P(=O)([O-])c2ccccc2-c2ccccc2O)c(C)c1.[K+]. The largest absolute Gasteiger partial charge is 1.00 e. The zero-order valence-corrected chi connectivity index (χ0v) is 20.4. The van der Waals surface area contributed by atoms with E-state index in [1.54, 1.807) is 62.4 Å². The number of phenolic OH excluding ortho intramolecular Hbond substituents is 1. The van der Waals surface area contributed by atoms with Gasteiger partial charge in [-0.3, -0.25) is 4.79 Å². The van der Waals surface area contributed by atoms with Crippen LogP contribution >= 0.6 is 7.37 Å². The predicted molar refractivity (Wildman–Crippen MR) is 106 cm³/mol. The summed E-state index contributed by atoms with van der Waals surface area (Å²) < 4.78 is 13.2. The van der Waals surface area contributed by atoms with E-state index < -0.39 is 12.9 Å². The number of benzene rings is 3. The van der Waals surface area contributed by atoms with Gasteiger partial charge >= 0.3 is 51.4 Å². The Morgan fingerprint density at radius 2 is 1.39 bits per heavy atom. The molecule has 0 aliphatic heterocycles. The van der Waals surface area contributed by atoms with E-state index in [1.165, 1.54) is 12.1 Å². The summed E-state index contributed by atoms with van der Waals surface area (Å²) in [6.07, 6.45) is 0. The number of aromatic hydroxyl groups is 1. The maximum atomic E-state index is 13.2. The van der Waals surface area contributed by atoms with Crippen LogP contribution in [0.1, 0.15) is 27.0 Å². The summed E-state index contributed by atoms with van der Waals surface area (Å²) in [5.74, 6) is -0.0416. The van der Waals surface area contributed by atoms with Crippen LogP contribution in [0.25, 0.3) is 11.1 Å². The summed E-state index contributed by atoms with van der Waals surface area (Å²) in [5, 5.41) is 10.1. The van der Waals surface area contributed by atoms with Gasteiger partial charge in [0.05, 0.1) is 0 Å². The first-order valence-electron chi connectivity index (χ1n) is 8.55. The van der Waals surface area contributed by atoms with Gasteiger partial charge in [0.1, 0.15) is 13.1 Å².